The van der Waals surface area contributed by atoms with E-state index in [2.05, 4.69) is 19.9 Å². The second-order valence-corrected chi connectivity index (χ2v) is 5.01. The Labute approximate surface area is 118 Å². The maximum absolute atomic E-state index is 5.82. The zero-order valence-electron chi connectivity index (χ0n) is 11.8. The lowest BCUT2D eigenvalue weighted by Gasteiger charge is -2.32. The van der Waals surface area contributed by atoms with E-state index in [1.54, 1.807) is 6.20 Å². The van der Waals surface area contributed by atoms with Gasteiger partial charge in [0.1, 0.15) is 6.10 Å². The quantitative estimate of drug-likeness (QED) is 0.836. The molecule has 0 aromatic carbocycles. The van der Waals surface area contributed by atoms with Gasteiger partial charge >= 0.3 is 0 Å². The second-order valence-electron chi connectivity index (χ2n) is 5.01. The maximum atomic E-state index is 5.82. The van der Waals surface area contributed by atoms with Gasteiger partial charge in [0.05, 0.1) is 18.8 Å². The van der Waals surface area contributed by atoms with E-state index in [4.69, 9.17) is 4.74 Å². The van der Waals surface area contributed by atoms with Gasteiger partial charge in [0.2, 0.25) is 5.95 Å². The standard InChI is InChI=1S/C15H18N4O/c1-11-9-12(2)18-15(17-11)19-7-8-20-14(10-19)13-5-3-4-6-16-13/h3-6,9,14H,7-8,10H2,1-2H3/t14-/m0/s1. The number of aryl methyl sites for hydroxylation is 2. The molecule has 2 aromatic heterocycles. The third-order valence-electron chi connectivity index (χ3n) is 3.34. The fourth-order valence-corrected chi connectivity index (χ4v) is 2.43. The highest BCUT2D eigenvalue weighted by Gasteiger charge is 2.24. The number of morpholine rings is 1. The molecule has 5 nitrogen and oxygen atoms in total. The summed E-state index contributed by atoms with van der Waals surface area (Å²) in [4.78, 5) is 15.6. The summed E-state index contributed by atoms with van der Waals surface area (Å²) < 4.78 is 5.82. The van der Waals surface area contributed by atoms with E-state index in [-0.39, 0.29) is 6.10 Å². The molecule has 0 N–H and O–H groups in total. The molecule has 0 radical (unpaired) electrons. The lowest BCUT2D eigenvalue weighted by atomic mass is 10.2. The number of pyridine rings is 1. The van der Waals surface area contributed by atoms with Crippen LogP contribution < -0.4 is 4.90 Å². The van der Waals surface area contributed by atoms with E-state index in [9.17, 15) is 0 Å². The lowest BCUT2D eigenvalue weighted by Crippen LogP contribution is -2.39. The zero-order chi connectivity index (χ0) is 13.9. The molecular formula is C15H18N4O. The number of rotatable bonds is 2. The highest BCUT2D eigenvalue weighted by Crippen LogP contribution is 2.23. The van der Waals surface area contributed by atoms with Gasteiger partial charge in [0, 0.05) is 24.1 Å². The summed E-state index contributed by atoms with van der Waals surface area (Å²) in [7, 11) is 0. The summed E-state index contributed by atoms with van der Waals surface area (Å²) in [6.07, 6.45) is 1.78. The van der Waals surface area contributed by atoms with Crippen molar-refractivity contribution in [1.29, 1.82) is 0 Å². The van der Waals surface area contributed by atoms with Crippen molar-refractivity contribution in [1.82, 2.24) is 15.0 Å². The van der Waals surface area contributed by atoms with Crippen LogP contribution in [0.1, 0.15) is 23.2 Å². The Hall–Kier alpha value is -2.01. The highest BCUT2D eigenvalue weighted by atomic mass is 16.5. The van der Waals surface area contributed by atoms with Gasteiger partial charge in [-0.2, -0.15) is 0 Å². The predicted octanol–water partition coefficient (Wildman–Crippen LogP) is 2.07. The third-order valence-corrected chi connectivity index (χ3v) is 3.34. The average Bonchev–Trinajstić information content (AvgIpc) is 2.47. The molecule has 1 atom stereocenters. The molecule has 104 valence electrons. The lowest BCUT2D eigenvalue weighted by molar-refractivity contribution is 0.0364. The highest BCUT2D eigenvalue weighted by molar-refractivity contribution is 5.33. The summed E-state index contributed by atoms with van der Waals surface area (Å²) in [6, 6.07) is 7.88. The van der Waals surface area contributed by atoms with Gasteiger partial charge in [0.15, 0.2) is 0 Å². The molecule has 0 saturated carbocycles. The van der Waals surface area contributed by atoms with Crippen molar-refractivity contribution in [3.8, 4) is 0 Å². The molecule has 3 heterocycles. The van der Waals surface area contributed by atoms with E-state index in [1.165, 1.54) is 0 Å². The topological polar surface area (TPSA) is 51.1 Å². The molecule has 20 heavy (non-hydrogen) atoms. The molecule has 0 aliphatic carbocycles. The summed E-state index contributed by atoms with van der Waals surface area (Å²) in [6.45, 7) is 6.20. The van der Waals surface area contributed by atoms with E-state index < -0.39 is 0 Å². The van der Waals surface area contributed by atoms with E-state index in [0.717, 1.165) is 36.1 Å². The molecule has 0 spiro atoms. The molecule has 5 heteroatoms. The van der Waals surface area contributed by atoms with Gasteiger partial charge < -0.3 is 9.64 Å². The Morgan fingerprint density at radius 3 is 2.70 bits per heavy atom. The number of anilines is 1. The minimum atomic E-state index is -0.0191. The van der Waals surface area contributed by atoms with E-state index >= 15 is 0 Å². The molecule has 1 fully saturated rings. The van der Waals surface area contributed by atoms with Gasteiger partial charge in [-0.1, -0.05) is 6.07 Å². The second kappa shape index (κ2) is 5.54. The van der Waals surface area contributed by atoms with Crippen LogP contribution in [0.15, 0.2) is 30.5 Å². The van der Waals surface area contributed by atoms with Crippen LogP contribution in [0.4, 0.5) is 5.95 Å². The minimum absolute atomic E-state index is 0.0191. The molecule has 1 aliphatic rings. The SMILES string of the molecule is Cc1cc(C)nc(N2CCO[C@H](c3ccccn3)C2)n1. The molecule has 0 unspecified atom stereocenters. The van der Waals surface area contributed by atoms with Crippen LogP contribution in [-0.4, -0.2) is 34.6 Å². The van der Waals surface area contributed by atoms with Crippen molar-refractivity contribution >= 4 is 5.95 Å². The maximum Gasteiger partial charge on any atom is 0.225 e. The van der Waals surface area contributed by atoms with Crippen LogP contribution in [0.5, 0.6) is 0 Å². The normalized spacial score (nSPS) is 19.1. The molecule has 2 aromatic rings. The Balaban J connectivity index is 1.81. The van der Waals surface area contributed by atoms with Crippen LogP contribution >= 0.6 is 0 Å². The van der Waals surface area contributed by atoms with Crippen molar-refractivity contribution in [3.05, 3.63) is 47.5 Å². The Morgan fingerprint density at radius 2 is 2.00 bits per heavy atom. The summed E-state index contributed by atoms with van der Waals surface area (Å²) in [5, 5.41) is 0. The largest absolute Gasteiger partial charge is 0.368 e. The van der Waals surface area contributed by atoms with E-state index in [1.807, 2.05) is 38.1 Å². The number of ether oxygens (including phenoxy) is 1. The summed E-state index contributed by atoms with van der Waals surface area (Å²) >= 11 is 0. The first-order valence-electron chi connectivity index (χ1n) is 6.82. The van der Waals surface area contributed by atoms with Crippen LogP contribution in [0, 0.1) is 13.8 Å². The zero-order valence-corrected chi connectivity index (χ0v) is 11.8. The molecular weight excluding hydrogens is 252 g/mol. The fourth-order valence-electron chi connectivity index (χ4n) is 2.43. The Bertz CT molecular complexity index is 567. The van der Waals surface area contributed by atoms with Gasteiger partial charge in [-0.05, 0) is 32.0 Å². The predicted molar refractivity (Wildman–Crippen MR) is 76.6 cm³/mol. The van der Waals surface area contributed by atoms with Crippen LogP contribution in [0.3, 0.4) is 0 Å². The van der Waals surface area contributed by atoms with Gasteiger partial charge in [-0.25, -0.2) is 9.97 Å². The number of aromatic nitrogens is 3. The third kappa shape index (κ3) is 2.77. The monoisotopic (exact) mass is 270 g/mol. The smallest absolute Gasteiger partial charge is 0.225 e. The van der Waals surface area contributed by atoms with Crippen LogP contribution in [0.2, 0.25) is 0 Å². The van der Waals surface area contributed by atoms with Crippen LogP contribution in [-0.2, 0) is 4.74 Å². The van der Waals surface area contributed by atoms with Crippen LogP contribution in [0.25, 0.3) is 0 Å². The summed E-state index contributed by atoms with van der Waals surface area (Å²) in [5.41, 5.74) is 2.95. The Kier molecular flexibility index (Phi) is 3.60. The van der Waals surface area contributed by atoms with Gasteiger partial charge in [-0.15, -0.1) is 0 Å². The average molecular weight is 270 g/mol. The van der Waals surface area contributed by atoms with Crippen molar-refractivity contribution in [2.45, 2.75) is 20.0 Å². The molecule has 0 bridgehead atoms. The Morgan fingerprint density at radius 1 is 1.20 bits per heavy atom. The molecule has 0 amide bonds. The first kappa shape index (κ1) is 13.0. The van der Waals surface area contributed by atoms with E-state index in [0.29, 0.717) is 6.61 Å². The van der Waals surface area contributed by atoms with Crippen molar-refractivity contribution < 1.29 is 4.74 Å². The van der Waals surface area contributed by atoms with Crippen molar-refractivity contribution in [2.75, 3.05) is 24.6 Å². The summed E-state index contributed by atoms with van der Waals surface area (Å²) in [5.74, 6) is 0.784. The first-order valence-corrected chi connectivity index (χ1v) is 6.82. The number of hydrogen-bond donors (Lipinski definition) is 0. The molecule has 1 saturated heterocycles. The van der Waals surface area contributed by atoms with Crippen molar-refractivity contribution in [3.63, 3.8) is 0 Å². The van der Waals surface area contributed by atoms with Gasteiger partial charge in [0.25, 0.3) is 0 Å². The first-order chi connectivity index (χ1) is 9.72. The fraction of sp³-hybridized carbons (Fsp3) is 0.400. The number of hydrogen-bond acceptors (Lipinski definition) is 5. The van der Waals surface area contributed by atoms with Gasteiger partial charge in [-0.3, -0.25) is 4.98 Å². The minimum Gasteiger partial charge on any atom is -0.368 e. The molecule has 1 aliphatic heterocycles. The number of nitrogens with zero attached hydrogens (tertiary/aromatic N) is 4. The van der Waals surface area contributed by atoms with Crippen molar-refractivity contribution in [2.24, 2.45) is 0 Å². The molecule has 3 rings (SSSR count).